The molecule has 22 heavy (non-hydrogen) atoms. The van der Waals surface area contributed by atoms with Crippen LogP contribution in [0, 0.1) is 0 Å². The zero-order valence-corrected chi connectivity index (χ0v) is 12.8. The first kappa shape index (κ1) is 14.9. The van der Waals surface area contributed by atoms with Crippen molar-refractivity contribution in [2.24, 2.45) is 0 Å². The van der Waals surface area contributed by atoms with Gasteiger partial charge >= 0.3 is 0 Å². The average Bonchev–Trinajstić information content (AvgIpc) is 2.61. The van der Waals surface area contributed by atoms with Crippen LogP contribution < -0.4 is 5.32 Å². The summed E-state index contributed by atoms with van der Waals surface area (Å²) in [6.45, 7) is 0.855. The van der Waals surface area contributed by atoms with E-state index in [9.17, 15) is 4.79 Å². The highest BCUT2D eigenvalue weighted by molar-refractivity contribution is 5.74. The van der Waals surface area contributed by atoms with Gasteiger partial charge in [0.05, 0.1) is 5.69 Å². The standard InChI is InChI=1S/C19H22N2O/c22-14-17-10-6-12-19(21-17)18-11-5-4-7-15(18)13-20-16-8-2-1-3-9-16/h4-7,10-12,14,16,20H,1-3,8-9,13H2. The minimum absolute atomic E-state index is 0.479. The summed E-state index contributed by atoms with van der Waals surface area (Å²) in [6.07, 6.45) is 7.40. The lowest BCUT2D eigenvalue weighted by Gasteiger charge is -2.23. The van der Waals surface area contributed by atoms with E-state index in [2.05, 4.69) is 28.5 Å². The molecule has 2 aromatic rings. The smallest absolute Gasteiger partial charge is 0.168 e. The van der Waals surface area contributed by atoms with Crippen molar-refractivity contribution in [2.45, 2.75) is 44.7 Å². The van der Waals surface area contributed by atoms with E-state index in [1.807, 2.05) is 18.2 Å². The van der Waals surface area contributed by atoms with Gasteiger partial charge in [0, 0.05) is 18.2 Å². The predicted octanol–water partition coefficient (Wildman–Crippen LogP) is 3.98. The Morgan fingerprint density at radius 1 is 1.05 bits per heavy atom. The number of hydrogen-bond acceptors (Lipinski definition) is 3. The minimum Gasteiger partial charge on any atom is -0.310 e. The zero-order chi connectivity index (χ0) is 15.2. The second-order valence-electron chi connectivity index (χ2n) is 5.94. The average molecular weight is 294 g/mol. The second-order valence-corrected chi connectivity index (χ2v) is 5.94. The molecule has 0 bridgehead atoms. The fourth-order valence-electron chi connectivity index (χ4n) is 3.15. The van der Waals surface area contributed by atoms with E-state index in [1.54, 1.807) is 6.07 Å². The molecule has 3 nitrogen and oxygen atoms in total. The van der Waals surface area contributed by atoms with Crippen LogP contribution in [0.15, 0.2) is 42.5 Å². The first-order chi connectivity index (χ1) is 10.9. The minimum atomic E-state index is 0.479. The molecule has 114 valence electrons. The number of benzene rings is 1. The number of carbonyl (C=O) groups is 1. The number of nitrogens with one attached hydrogen (secondary N) is 1. The monoisotopic (exact) mass is 294 g/mol. The molecule has 0 unspecified atom stereocenters. The normalized spacial score (nSPS) is 15.6. The van der Waals surface area contributed by atoms with Gasteiger partial charge in [0.1, 0.15) is 5.69 Å². The molecular formula is C19H22N2O. The van der Waals surface area contributed by atoms with Crippen LogP contribution in [0.25, 0.3) is 11.3 Å². The van der Waals surface area contributed by atoms with E-state index < -0.39 is 0 Å². The van der Waals surface area contributed by atoms with Gasteiger partial charge in [0.25, 0.3) is 0 Å². The van der Waals surface area contributed by atoms with Crippen LogP contribution in [0.1, 0.15) is 48.2 Å². The van der Waals surface area contributed by atoms with Gasteiger partial charge in [-0.05, 0) is 30.5 Å². The van der Waals surface area contributed by atoms with Crippen LogP contribution >= 0.6 is 0 Å². The molecule has 1 aromatic carbocycles. The van der Waals surface area contributed by atoms with Crippen molar-refractivity contribution >= 4 is 6.29 Å². The SMILES string of the molecule is O=Cc1cccc(-c2ccccc2CNC2CCCCC2)n1. The summed E-state index contributed by atoms with van der Waals surface area (Å²) in [5, 5.41) is 3.68. The van der Waals surface area contributed by atoms with Gasteiger partial charge in [-0.3, -0.25) is 4.79 Å². The van der Waals surface area contributed by atoms with Gasteiger partial charge in [0.15, 0.2) is 6.29 Å². The van der Waals surface area contributed by atoms with Crippen molar-refractivity contribution in [1.29, 1.82) is 0 Å². The summed E-state index contributed by atoms with van der Waals surface area (Å²) in [4.78, 5) is 15.4. The first-order valence-corrected chi connectivity index (χ1v) is 8.11. The molecule has 1 fully saturated rings. The molecule has 1 aliphatic rings. The maximum Gasteiger partial charge on any atom is 0.168 e. The maximum absolute atomic E-state index is 10.9. The largest absolute Gasteiger partial charge is 0.310 e. The lowest BCUT2D eigenvalue weighted by molar-refractivity contribution is 0.111. The number of aromatic nitrogens is 1. The molecule has 0 atom stereocenters. The molecule has 1 aliphatic carbocycles. The topological polar surface area (TPSA) is 42.0 Å². The summed E-state index contributed by atoms with van der Waals surface area (Å²) in [5.41, 5.74) is 3.69. The quantitative estimate of drug-likeness (QED) is 0.848. The van der Waals surface area contributed by atoms with Crippen LogP contribution in [-0.2, 0) is 6.54 Å². The van der Waals surface area contributed by atoms with E-state index in [4.69, 9.17) is 0 Å². The first-order valence-electron chi connectivity index (χ1n) is 8.11. The molecule has 1 N–H and O–H groups in total. The van der Waals surface area contributed by atoms with Gasteiger partial charge in [-0.2, -0.15) is 0 Å². The number of aldehydes is 1. The highest BCUT2D eigenvalue weighted by Gasteiger charge is 2.13. The van der Waals surface area contributed by atoms with Crippen molar-refractivity contribution in [2.75, 3.05) is 0 Å². The zero-order valence-electron chi connectivity index (χ0n) is 12.8. The van der Waals surface area contributed by atoms with Gasteiger partial charge in [-0.15, -0.1) is 0 Å². The van der Waals surface area contributed by atoms with Gasteiger partial charge in [-0.1, -0.05) is 49.6 Å². The van der Waals surface area contributed by atoms with Crippen LogP contribution in [0.2, 0.25) is 0 Å². The Labute approximate surface area is 131 Å². The third-order valence-electron chi connectivity index (χ3n) is 4.37. The fraction of sp³-hybridized carbons (Fsp3) is 0.368. The Morgan fingerprint density at radius 2 is 1.86 bits per heavy atom. The molecule has 0 radical (unpaired) electrons. The number of hydrogen-bond donors (Lipinski definition) is 1. The van der Waals surface area contributed by atoms with Crippen LogP contribution in [0.4, 0.5) is 0 Å². The summed E-state index contributed by atoms with van der Waals surface area (Å²) in [7, 11) is 0. The third kappa shape index (κ3) is 3.60. The van der Waals surface area contributed by atoms with Crippen molar-refractivity contribution in [3.8, 4) is 11.3 Å². The van der Waals surface area contributed by atoms with E-state index >= 15 is 0 Å². The van der Waals surface area contributed by atoms with Crippen molar-refractivity contribution in [3.05, 3.63) is 53.7 Å². The molecule has 1 aromatic heterocycles. The van der Waals surface area contributed by atoms with E-state index in [0.717, 1.165) is 24.1 Å². The summed E-state index contributed by atoms with van der Waals surface area (Å²) in [6, 6.07) is 14.5. The second kappa shape index (κ2) is 7.32. The number of nitrogens with zero attached hydrogens (tertiary/aromatic N) is 1. The molecule has 0 saturated heterocycles. The Bertz CT molecular complexity index is 633. The number of rotatable bonds is 5. The van der Waals surface area contributed by atoms with Gasteiger partial charge in [-0.25, -0.2) is 4.98 Å². The van der Waals surface area contributed by atoms with E-state index in [1.165, 1.54) is 37.7 Å². The molecule has 1 saturated carbocycles. The van der Waals surface area contributed by atoms with Gasteiger partial charge < -0.3 is 5.32 Å². The molecule has 3 rings (SSSR count). The van der Waals surface area contributed by atoms with Crippen molar-refractivity contribution < 1.29 is 4.79 Å². The molecule has 1 heterocycles. The summed E-state index contributed by atoms with van der Waals surface area (Å²) < 4.78 is 0. The Kier molecular flexibility index (Phi) is 4.96. The summed E-state index contributed by atoms with van der Waals surface area (Å²) >= 11 is 0. The van der Waals surface area contributed by atoms with E-state index in [-0.39, 0.29) is 0 Å². The van der Waals surface area contributed by atoms with Crippen LogP contribution in [-0.4, -0.2) is 17.3 Å². The highest BCUT2D eigenvalue weighted by Crippen LogP contribution is 2.23. The third-order valence-corrected chi connectivity index (χ3v) is 4.37. The van der Waals surface area contributed by atoms with Crippen LogP contribution in [0.3, 0.4) is 0 Å². The number of pyridine rings is 1. The molecular weight excluding hydrogens is 272 g/mol. The Morgan fingerprint density at radius 3 is 2.68 bits per heavy atom. The number of carbonyl (C=O) groups excluding carboxylic acids is 1. The van der Waals surface area contributed by atoms with Crippen molar-refractivity contribution in [1.82, 2.24) is 10.3 Å². The van der Waals surface area contributed by atoms with Crippen LogP contribution in [0.5, 0.6) is 0 Å². The molecule has 0 spiro atoms. The molecule has 3 heteroatoms. The predicted molar refractivity (Wildman–Crippen MR) is 88.8 cm³/mol. The molecule has 0 aliphatic heterocycles. The van der Waals surface area contributed by atoms with Gasteiger partial charge in [0.2, 0.25) is 0 Å². The van der Waals surface area contributed by atoms with Crippen molar-refractivity contribution in [3.63, 3.8) is 0 Å². The Balaban J connectivity index is 1.78. The highest BCUT2D eigenvalue weighted by atomic mass is 16.1. The fourth-order valence-corrected chi connectivity index (χ4v) is 3.15. The van der Waals surface area contributed by atoms with E-state index in [0.29, 0.717) is 11.7 Å². The summed E-state index contributed by atoms with van der Waals surface area (Å²) in [5.74, 6) is 0. The molecule has 0 amide bonds. The lowest BCUT2D eigenvalue weighted by atomic mass is 9.95. The Hall–Kier alpha value is -2.00. The lowest BCUT2D eigenvalue weighted by Crippen LogP contribution is -2.30. The maximum atomic E-state index is 10.9.